The van der Waals surface area contributed by atoms with Gasteiger partial charge in [0.15, 0.2) is 11.5 Å². The topological polar surface area (TPSA) is 39.7 Å². The Morgan fingerprint density at radius 2 is 1.95 bits per heavy atom. The summed E-state index contributed by atoms with van der Waals surface area (Å²) in [6.45, 7) is 6.17. The van der Waals surface area contributed by atoms with Crippen molar-refractivity contribution in [3.63, 3.8) is 0 Å². The monoisotopic (exact) mass is 279 g/mol. The number of hydrogen-bond donors (Lipinski definition) is 1. The molecule has 0 amide bonds. The van der Waals surface area contributed by atoms with E-state index in [4.69, 9.17) is 14.2 Å². The number of nitrogens with one attached hydrogen (secondary N) is 1. The van der Waals surface area contributed by atoms with Crippen LogP contribution >= 0.6 is 0 Å². The molecule has 0 spiro atoms. The molecule has 0 bridgehead atoms. The molecule has 1 fully saturated rings. The van der Waals surface area contributed by atoms with Crippen molar-refractivity contribution >= 4 is 0 Å². The van der Waals surface area contributed by atoms with Crippen LogP contribution < -0.4 is 14.8 Å². The molecule has 1 aromatic rings. The van der Waals surface area contributed by atoms with Crippen LogP contribution in [0.25, 0.3) is 0 Å². The van der Waals surface area contributed by atoms with Crippen LogP contribution in [0.1, 0.15) is 31.9 Å². The van der Waals surface area contributed by atoms with E-state index in [1.54, 1.807) is 14.2 Å². The Bertz CT molecular complexity index is 430. The molecule has 1 N–H and O–H groups in total. The maximum atomic E-state index is 5.46. The van der Waals surface area contributed by atoms with Gasteiger partial charge in [0, 0.05) is 18.7 Å². The number of ether oxygens (including phenoxy) is 3. The van der Waals surface area contributed by atoms with Gasteiger partial charge in [0.25, 0.3) is 0 Å². The SMILES string of the molecule is COc1ccc(C(C)NC(C)C2CCOC2)cc1OC. The van der Waals surface area contributed by atoms with Crippen molar-refractivity contribution in [1.29, 1.82) is 0 Å². The normalized spacial score (nSPS) is 21.5. The van der Waals surface area contributed by atoms with Gasteiger partial charge in [-0.15, -0.1) is 0 Å². The largest absolute Gasteiger partial charge is 0.493 e. The molecule has 0 radical (unpaired) electrons. The molecule has 0 aromatic heterocycles. The van der Waals surface area contributed by atoms with Crippen molar-refractivity contribution in [3.05, 3.63) is 23.8 Å². The lowest BCUT2D eigenvalue weighted by Crippen LogP contribution is -2.35. The quantitative estimate of drug-likeness (QED) is 0.869. The van der Waals surface area contributed by atoms with Crippen molar-refractivity contribution in [1.82, 2.24) is 5.32 Å². The van der Waals surface area contributed by atoms with Gasteiger partial charge in [0.2, 0.25) is 0 Å². The van der Waals surface area contributed by atoms with Crippen LogP contribution in [0.4, 0.5) is 0 Å². The fraction of sp³-hybridized carbons (Fsp3) is 0.625. The second-order valence-corrected chi connectivity index (χ2v) is 5.42. The zero-order valence-electron chi connectivity index (χ0n) is 12.8. The van der Waals surface area contributed by atoms with Gasteiger partial charge < -0.3 is 19.5 Å². The van der Waals surface area contributed by atoms with Gasteiger partial charge in [-0.25, -0.2) is 0 Å². The Morgan fingerprint density at radius 3 is 2.55 bits per heavy atom. The summed E-state index contributed by atoms with van der Waals surface area (Å²) in [7, 11) is 3.32. The first-order valence-electron chi connectivity index (χ1n) is 7.21. The van der Waals surface area contributed by atoms with Gasteiger partial charge in [-0.2, -0.15) is 0 Å². The van der Waals surface area contributed by atoms with Crippen LogP contribution in [-0.2, 0) is 4.74 Å². The second-order valence-electron chi connectivity index (χ2n) is 5.42. The molecular formula is C16H25NO3. The van der Waals surface area contributed by atoms with Crippen molar-refractivity contribution in [2.75, 3.05) is 27.4 Å². The lowest BCUT2D eigenvalue weighted by Gasteiger charge is -2.24. The average Bonchev–Trinajstić information content (AvgIpc) is 3.00. The average molecular weight is 279 g/mol. The van der Waals surface area contributed by atoms with Gasteiger partial charge >= 0.3 is 0 Å². The van der Waals surface area contributed by atoms with E-state index in [-0.39, 0.29) is 6.04 Å². The molecule has 1 aromatic carbocycles. The summed E-state index contributed by atoms with van der Waals surface area (Å²) < 4.78 is 16.1. The molecule has 1 saturated heterocycles. The first kappa shape index (κ1) is 15.1. The third-order valence-corrected chi connectivity index (χ3v) is 4.09. The highest BCUT2D eigenvalue weighted by molar-refractivity contribution is 5.43. The summed E-state index contributed by atoms with van der Waals surface area (Å²) in [6, 6.07) is 6.78. The van der Waals surface area contributed by atoms with Crippen LogP contribution in [0.5, 0.6) is 11.5 Å². The Labute approximate surface area is 121 Å². The zero-order valence-corrected chi connectivity index (χ0v) is 12.8. The van der Waals surface area contributed by atoms with Gasteiger partial charge in [-0.1, -0.05) is 6.07 Å². The van der Waals surface area contributed by atoms with Crippen LogP contribution in [0.2, 0.25) is 0 Å². The van der Waals surface area contributed by atoms with E-state index in [0.29, 0.717) is 12.0 Å². The fourth-order valence-corrected chi connectivity index (χ4v) is 2.70. The zero-order chi connectivity index (χ0) is 14.5. The molecule has 1 aliphatic rings. The Balaban J connectivity index is 2.02. The molecule has 1 aliphatic heterocycles. The lowest BCUT2D eigenvalue weighted by atomic mass is 9.98. The third kappa shape index (κ3) is 3.44. The molecule has 20 heavy (non-hydrogen) atoms. The fourth-order valence-electron chi connectivity index (χ4n) is 2.70. The molecular weight excluding hydrogens is 254 g/mol. The van der Waals surface area contributed by atoms with Crippen LogP contribution in [-0.4, -0.2) is 33.5 Å². The maximum absolute atomic E-state index is 5.46. The van der Waals surface area contributed by atoms with Crippen molar-refractivity contribution in [2.24, 2.45) is 5.92 Å². The summed E-state index contributed by atoms with van der Waals surface area (Å²) in [4.78, 5) is 0. The Hall–Kier alpha value is -1.26. The maximum Gasteiger partial charge on any atom is 0.161 e. The summed E-state index contributed by atoms with van der Waals surface area (Å²) in [5, 5.41) is 3.65. The van der Waals surface area contributed by atoms with Crippen molar-refractivity contribution < 1.29 is 14.2 Å². The van der Waals surface area contributed by atoms with Gasteiger partial charge in [-0.05, 0) is 43.9 Å². The molecule has 3 unspecified atom stereocenters. The first-order valence-corrected chi connectivity index (χ1v) is 7.21. The van der Waals surface area contributed by atoms with E-state index >= 15 is 0 Å². The first-order chi connectivity index (χ1) is 9.65. The molecule has 0 saturated carbocycles. The molecule has 2 rings (SSSR count). The predicted molar refractivity (Wildman–Crippen MR) is 79.5 cm³/mol. The highest BCUT2D eigenvalue weighted by Gasteiger charge is 2.23. The number of rotatable bonds is 6. The van der Waals surface area contributed by atoms with Gasteiger partial charge in [0.05, 0.1) is 20.8 Å². The minimum absolute atomic E-state index is 0.269. The van der Waals surface area contributed by atoms with Gasteiger partial charge in [0.1, 0.15) is 0 Å². The Morgan fingerprint density at radius 1 is 1.20 bits per heavy atom. The minimum Gasteiger partial charge on any atom is -0.493 e. The number of hydrogen-bond acceptors (Lipinski definition) is 4. The number of benzene rings is 1. The smallest absolute Gasteiger partial charge is 0.161 e. The predicted octanol–water partition coefficient (Wildman–Crippen LogP) is 2.78. The highest BCUT2D eigenvalue weighted by Crippen LogP contribution is 2.30. The second kappa shape index (κ2) is 6.95. The van der Waals surface area contributed by atoms with E-state index in [2.05, 4.69) is 25.2 Å². The van der Waals surface area contributed by atoms with E-state index in [1.807, 2.05) is 12.1 Å². The number of methoxy groups -OCH3 is 2. The molecule has 0 aliphatic carbocycles. The van der Waals surface area contributed by atoms with Crippen molar-refractivity contribution in [2.45, 2.75) is 32.4 Å². The molecule has 3 atom stereocenters. The summed E-state index contributed by atoms with van der Waals surface area (Å²) in [5.41, 5.74) is 1.20. The molecule has 4 heteroatoms. The summed E-state index contributed by atoms with van der Waals surface area (Å²) in [6.07, 6.45) is 1.15. The molecule has 1 heterocycles. The summed E-state index contributed by atoms with van der Waals surface area (Å²) >= 11 is 0. The third-order valence-electron chi connectivity index (χ3n) is 4.09. The molecule has 112 valence electrons. The van der Waals surface area contributed by atoms with E-state index in [1.165, 1.54) is 5.56 Å². The molecule has 4 nitrogen and oxygen atoms in total. The van der Waals surface area contributed by atoms with E-state index in [0.717, 1.165) is 31.1 Å². The minimum atomic E-state index is 0.269. The summed E-state index contributed by atoms with van der Waals surface area (Å²) in [5.74, 6) is 2.15. The van der Waals surface area contributed by atoms with Crippen LogP contribution in [0.3, 0.4) is 0 Å². The highest BCUT2D eigenvalue weighted by atomic mass is 16.5. The van der Waals surface area contributed by atoms with Gasteiger partial charge in [-0.3, -0.25) is 0 Å². The van der Waals surface area contributed by atoms with Crippen LogP contribution in [0, 0.1) is 5.92 Å². The standard InChI is InChI=1S/C16H25NO3/c1-11(17-12(2)14-7-8-20-10-14)13-5-6-15(18-3)16(9-13)19-4/h5-6,9,11-12,14,17H,7-8,10H2,1-4H3. The van der Waals surface area contributed by atoms with Crippen molar-refractivity contribution in [3.8, 4) is 11.5 Å². The Kier molecular flexibility index (Phi) is 5.26. The van der Waals surface area contributed by atoms with E-state index < -0.39 is 0 Å². The lowest BCUT2D eigenvalue weighted by molar-refractivity contribution is 0.177. The van der Waals surface area contributed by atoms with Crippen LogP contribution in [0.15, 0.2) is 18.2 Å². The van der Waals surface area contributed by atoms with E-state index in [9.17, 15) is 0 Å².